The van der Waals surface area contributed by atoms with E-state index in [1.54, 1.807) is 30.0 Å². The third-order valence-electron chi connectivity index (χ3n) is 14.4. The van der Waals surface area contributed by atoms with Crippen molar-refractivity contribution in [3.63, 3.8) is 0 Å². The number of primary amides is 1. The van der Waals surface area contributed by atoms with Crippen molar-refractivity contribution in [2.75, 3.05) is 81.0 Å². The molecule has 4 rings (SSSR count). The lowest BCUT2D eigenvalue weighted by molar-refractivity contribution is -0.148. The fraction of sp³-hybridized carbons (Fsp3) is 0.667. The number of nitrogens with one attached hydrogen (secondary N) is 3. The molecule has 7 N–H and O–H groups in total. The summed E-state index contributed by atoms with van der Waals surface area (Å²) in [4.78, 5) is 95.0. The van der Waals surface area contributed by atoms with Gasteiger partial charge in [-0.3, -0.25) is 28.9 Å². The van der Waals surface area contributed by atoms with Crippen LogP contribution in [-0.2, 0) is 58.9 Å². The van der Waals surface area contributed by atoms with Crippen molar-refractivity contribution in [2.45, 2.75) is 129 Å². The van der Waals surface area contributed by atoms with Gasteiger partial charge in [0.2, 0.25) is 41.3 Å². The molecule has 0 spiro atoms. The van der Waals surface area contributed by atoms with Crippen LogP contribution in [0.1, 0.15) is 86.1 Å². The molecule has 1 saturated heterocycles. The molecule has 9 unspecified atom stereocenters. The first-order valence-electron chi connectivity index (χ1n) is 26.5. The zero-order valence-electron chi connectivity index (χ0n) is 46.5. The monoisotopic (exact) mass is 1070 g/mol. The first-order valence-corrected chi connectivity index (χ1v) is 26.5. The van der Waals surface area contributed by atoms with E-state index in [4.69, 9.17) is 34.3 Å². The Bertz CT molecular complexity index is 2300. The van der Waals surface area contributed by atoms with Gasteiger partial charge in [-0.05, 0) is 49.3 Å². The van der Waals surface area contributed by atoms with E-state index >= 15 is 0 Å². The highest BCUT2D eigenvalue weighted by Crippen LogP contribution is 2.30. The van der Waals surface area contributed by atoms with E-state index in [-0.39, 0.29) is 74.6 Å². The first kappa shape index (κ1) is 62.8. The van der Waals surface area contributed by atoms with E-state index in [0.29, 0.717) is 56.9 Å². The fourth-order valence-electron chi connectivity index (χ4n) is 10.0. The number of ether oxygens (including phenoxy) is 5. The molecule has 9 atom stereocenters. The van der Waals surface area contributed by atoms with Crippen molar-refractivity contribution in [3.05, 3.63) is 48.2 Å². The number of nitrogens with zero attached hydrogens (tertiary/aromatic N) is 4. The normalized spacial score (nSPS) is 17.0. The second-order valence-corrected chi connectivity index (χ2v) is 20.4. The second kappa shape index (κ2) is 30.8. The van der Waals surface area contributed by atoms with Crippen LogP contribution in [-0.4, -0.2) is 194 Å². The van der Waals surface area contributed by atoms with Crippen molar-refractivity contribution >= 4 is 46.4 Å². The van der Waals surface area contributed by atoms with Crippen LogP contribution in [0.15, 0.2) is 42.6 Å². The van der Waals surface area contributed by atoms with Gasteiger partial charge in [0.15, 0.2) is 0 Å². The molecule has 3 heterocycles. The minimum absolute atomic E-state index is 0.0520. The molecule has 1 aliphatic heterocycles. The van der Waals surface area contributed by atoms with Crippen molar-refractivity contribution in [1.82, 2.24) is 35.0 Å². The summed E-state index contributed by atoms with van der Waals surface area (Å²) in [5, 5.41) is 26.0. The van der Waals surface area contributed by atoms with Crippen LogP contribution < -0.4 is 21.2 Å². The summed E-state index contributed by atoms with van der Waals surface area (Å²) >= 11 is 0. The average Bonchev–Trinajstić information content (AvgIpc) is 4.12. The average molecular weight is 1070 g/mol. The summed E-state index contributed by atoms with van der Waals surface area (Å²) < 4.78 is 29.4. The number of carbonyl (C=O) groups excluding carboxylic acids is 6. The number of methoxy groups -OCH3 is 2. The number of aromatic hydroxyl groups is 2. The number of aromatic nitrogens is 2. The predicted molar refractivity (Wildman–Crippen MR) is 284 cm³/mol. The minimum atomic E-state index is -0.980. The van der Waals surface area contributed by atoms with E-state index in [9.17, 15) is 39.0 Å². The van der Waals surface area contributed by atoms with E-state index in [1.807, 2.05) is 77.8 Å². The van der Waals surface area contributed by atoms with Gasteiger partial charge in [-0.25, -0.2) is 4.79 Å². The summed E-state index contributed by atoms with van der Waals surface area (Å²) in [6, 6.07) is 6.59. The molecule has 0 bridgehead atoms. The number of aromatic amines is 1. The summed E-state index contributed by atoms with van der Waals surface area (Å²) in [5.41, 5.74) is 7.55. The van der Waals surface area contributed by atoms with Gasteiger partial charge in [0.1, 0.15) is 12.1 Å². The smallest absolute Gasteiger partial charge is 0.335 e. The Morgan fingerprint density at radius 2 is 1.46 bits per heavy atom. The molecule has 1 fully saturated rings. The SMILES string of the molecule is CCC(C)C(C(CC(=O)N1CCCC1C(OC)C(C)C(=O)NC(Cc1c[nH]c2ccccc12)C(N)=O)OC)N(C)C(=O)C(NC(=O)C(C(C)C)N(C)CCOCCOCCOCCC(=O)On1c(O)ccc1O)C(C)C. The Kier molecular flexibility index (Phi) is 25.5. The van der Waals surface area contributed by atoms with Gasteiger partial charge in [0.05, 0.1) is 88.7 Å². The number of para-hydroxylation sites is 1. The molecule has 0 saturated carbocycles. The third-order valence-corrected chi connectivity index (χ3v) is 14.4. The van der Waals surface area contributed by atoms with Crippen molar-refractivity contribution in [2.24, 2.45) is 29.4 Å². The van der Waals surface area contributed by atoms with E-state index in [0.717, 1.165) is 16.5 Å². The van der Waals surface area contributed by atoms with Crippen LogP contribution in [0.5, 0.6) is 11.8 Å². The van der Waals surface area contributed by atoms with E-state index < -0.39 is 77.9 Å². The molecule has 3 aromatic rings. The molecule has 76 heavy (non-hydrogen) atoms. The lowest BCUT2D eigenvalue weighted by Crippen LogP contribution is -2.60. The standard InChI is InChI=1S/C54H86N8O14/c1-12-35(6)49(42(71-10)31-45(65)61-22-15-18-41(61)50(72-11)36(7)52(68)57-40(51(55)67)30-37-32-56-39-17-14-13-16-38(37)39)60(9)54(70)47(33(2)3)58-53(69)48(34(4)5)59(8)23-25-74-27-29-75-28-26-73-24-21-46(66)76-62-43(63)19-20-44(62)64/h13-14,16-17,19-20,32-36,40-42,47-50,56,63-64H,12,15,18,21-31H2,1-11H3,(H2,55,67)(H,57,68)(H,58,69). The summed E-state index contributed by atoms with van der Waals surface area (Å²) in [7, 11) is 6.57. The molecule has 2 aromatic heterocycles. The summed E-state index contributed by atoms with van der Waals surface area (Å²) in [5.74, 6) is -4.70. The molecular formula is C54H86N8O14. The van der Waals surface area contributed by atoms with Crippen LogP contribution in [0.3, 0.4) is 0 Å². The van der Waals surface area contributed by atoms with Crippen molar-refractivity contribution in [1.29, 1.82) is 0 Å². The van der Waals surface area contributed by atoms with Gasteiger partial charge in [0, 0.05) is 70.0 Å². The van der Waals surface area contributed by atoms with Gasteiger partial charge in [-0.2, -0.15) is 0 Å². The zero-order chi connectivity index (χ0) is 56.2. The molecular weight excluding hydrogens is 985 g/mol. The van der Waals surface area contributed by atoms with E-state index in [1.165, 1.54) is 26.4 Å². The number of likely N-dealkylation sites (tertiary alicyclic amines) is 1. The maximum Gasteiger partial charge on any atom is 0.335 e. The molecule has 5 amide bonds. The predicted octanol–water partition coefficient (Wildman–Crippen LogP) is 3.01. The highest BCUT2D eigenvalue weighted by molar-refractivity contribution is 5.91. The molecule has 22 heteroatoms. The molecule has 1 aliphatic rings. The summed E-state index contributed by atoms with van der Waals surface area (Å²) in [6.45, 7) is 15.7. The molecule has 1 aromatic carbocycles. The lowest BCUT2D eigenvalue weighted by Gasteiger charge is -2.41. The third kappa shape index (κ3) is 17.4. The van der Waals surface area contributed by atoms with Crippen LogP contribution in [0.2, 0.25) is 0 Å². The molecule has 0 radical (unpaired) electrons. The second-order valence-electron chi connectivity index (χ2n) is 20.4. The Morgan fingerprint density at radius 3 is 2.05 bits per heavy atom. The molecule has 22 nitrogen and oxygen atoms in total. The van der Waals surface area contributed by atoms with Crippen LogP contribution in [0.25, 0.3) is 10.9 Å². The van der Waals surface area contributed by atoms with Gasteiger partial charge in [-0.15, -0.1) is 4.73 Å². The van der Waals surface area contributed by atoms with Crippen LogP contribution in [0, 0.1) is 23.7 Å². The topological polar surface area (TPSA) is 279 Å². The Balaban J connectivity index is 1.30. The Morgan fingerprint density at radius 1 is 0.829 bits per heavy atom. The van der Waals surface area contributed by atoms with Gasteiger partial charge >= 0.3 is 5.97 Å². The number of nitrogens with two attached hydrogens (primary N) is 1. The number of H-pyrrole nitrogens is 1. The number of amides is 5. The zero-order valence-corrected chi connectivity index (χ0v) is 46.5. The number of likely N-dealkylation sites (N-methyl/N-ethyl adjacent to an activating group) is 2. The van der Waals surface area contributed by atoms with Gasteiger partial charge in [0.25, 0.3) is 0 Å². The maximum atomic E-state index is 14.6. The largest absolute Gasteiger partial charge is 0.492 e. The van der Waals surface area contributed by atoms with Crippen molar-refractivity contribution in [3.8, 4) is 11.8 Å². The van der Waals surface area contributed by atoms with Crippen LogP contribution in [0.4, 0.5) is 0 Å². The maximum absolute atomic E-state index is 14.6. The number of carbonyl (C=O) groups is 6. The minimum Gasteiger partial charge on any atom is -0.492 e. The first-order chi connectivity index (χ1) is 36.2. The highest BCUT2D eigenvalue weighted by atomic mass is 16.7. The molecule has 0 aliphatic carbocycles. The Hall–Kier alpha value is -5.78. The number of rotatable bonds is 34. The summed E-state index contributed by atoms with van der Waals surface area (Å²) in [6.07, 6.45) is 2.37. The molecule has 426 valence electrons. The number of hydrogen-bond acceptors (Lipinski definition) is 15. The number of hydrogen-bond donors (Lipinski definition) is 6. The quantitative estimate of drug-likeness (QED) is 0.0469. The van der Waals surface area contributed by atoms with Gasteiger partial charge < -0.3 is 69.9 Å². The van der Waals surface area contributed by atoms with Gasteiger partial charge in [-0.1, -0.05) is 73.1 Å². The highest BCUT2D eigenvalue weighted by Gasteiger charge is 2.43. The number of benzene rings is 1. The van der Waals surface area contributed by atoms with Crippen LogP contribution >= 0.6 is 0 Å². The van der Waals surface area contributed by atoms with E-state index in [2.05, 4.69) is 15.6 Å². The fourth-order valence-corrected chi connectivity index (χ4v) is 10.0. The lowest BCUT2D eigenvalue weighted by atomic mass is 9.89. The van der Waals surface area contributed by atoms with Crippen molar-refractivity contribution < 1.29 is 67.5 Å². The number of fused-ring (bicyclic) bond motifs is 1. The Labute approximate surface area is 447 Å².